The zero-order valence-electron chi connectivity index (χ0n) is 10.3. The van der Waals surface area contributed by atoms with Gasteiger partial charge in [-0.25, -0.2) is 15.8 Å². The second kappa shape index (κ2) is 5.40. The van der Waals surface area contributed by atoms with E-state index in [1.54, 1.807) is 17.0 Å². The quantitative estimate of drug-likeness (QED) is 0.464. The Labute approximate surface area is 108 Å². The van der Waals surface area contributed by atoms with Crippen LogP contribution in [0.1, 0.15) is 19.2 Å². The fourth-order valence-corrected chi connectivity index (χ4v) is 1.68. The molecule has 9 heteroatoms. The third-order valence-electron chi connectivity index (χ3n) is 2.49. The molecule has 2 heterocycles. The predicted octanol–water partition coefficient (Wildman–Crippen LogP) is 0.809. The zero-order chi connectivity index (χ0) is 13.8. The van der Waals surface area contributed by atoms with Gasteiger partial charge in [-0.05, 0) is 6.42 Å². The van der Waals surface area contributed by atoms with Gasteiger partial charge in [0.15, 0.2) is 0 Å². The Hall–Kier alpha value is -2.55. The Kier molecular flexibility index (Phi) is 3.66. The highest BCUT2D eigenvalue weighted by Crippen LogP contribution is 2.22. The first kappa shape index (κ1) is 12.9. The van der Waals surface area contributed by atoms with Crippen LogP contribution < -0.4 is 11.3 Å². The van der Waals surface area contributed by atoms with E-state index in [9.17, 15) is 10.1 Å². The topological polar surface area (TPSA) is 125 Å². The van der Waals surface area contributed by atoms with E-state index in [0.29, 0.717) is 12.2 Å². The van der Waals surface area contributed by atoms with Crippen LogP contribution >= 0.6 is 0 Å². The van der Waals surface area contributed by atoms with Crippen molar-refractivity contribution < 1.29 is 4.92 Å². The van der Waals surface area contributed by atoms with Crippen molar-refractivity contribution in [3.8, 4) is 5.82 Å². The zero-order valence-corrected chi connectivity index (χ0v) is 10.3. The van der Waals surface area contributed by atoms with Gasteiger partial charge in [-0.15, -0.1) is 0 Å². The average molecular weight is 263 g/mol. The van der Waals surface area contributed by atoms with Crippen LogP contribution in [-0.4, -0.2) is 24.4 Å². The van der Waals surface area contributed by atoms with Gasteiger partial charge in [0.25, 0.3) is 0 Å². The first-order chi connectivity index (χ1) is 9.17. The highest BCUT2D eigenvalue weighted by atomic mass is 16.6. The smallest absolute Gasteiger partial charge is 0.292 e. The summed E-state index contributed by atoms with van der Waals surface area (Å²) in [6, 6.07) is 0. The molecule has 9 nitrogen and oxygen atoms in total. The SMILES string of the molecule is CCCc1nccn1-c1nc(NN)ncc1[N+](=O)[O-]. The van der Waals surface area contributed by atoms with E-state index < -0.39 is 4.92 Å². The molecule has 0 radical (unpaired) electrons. The lowest BCUT2D eigenvalue weighted by atomic mass is 10.3. The summed E-state index contributed by atoms with van der Waals surface area (Å²) in [5.41, 5.74) is 2.07. The Balaban J connectivity index is 2.58. The number of nitrogens with zero attached hydrogens (tertiary/aromatic N) is 5. The minimum Gasteiger partial charge on any atom is -0.292 e. The summed E-state index contributed by atoms with van der Waals surface area (Å²) < 4.78 is 1.57. The maximum atomic E-state index is 11.0. The number of imidazole rings is 1. The average Bonchev–Trinajstić information content (AvgIpc) is 2.86. The third-order valence-corrected chi connectivity index (χ3v) is 2.49. The molecule has 3 N–H and O–H groups in total. The van der Waals surface area contributed by atoms with Gasteiger partial charge in [0.2, 0.25) is 11.8 Å². The maximum absolute atomic E-state index is 11.0. The van der Waals surface area contributed by atoms with Crippen LogP contribution in [0.4, 0.5) is 11.6 Å². The van der Waals surface area contributed by atoms with E-state index in [1.807, 2.05) is 6.92 Å². The van der Waals surface area contributed by atoms with E-state index in [0.717, 1.165) is 12.6 Å². The van der Waals surface area contributed by atoms with Crippen molar-refractivity contribution in [3.63, 3.8) is 0 Å². The molecule has 0 amide bonds. The molecule has 100 valence electrons. The molecule has 0 spiro atoms. The Morgan fingerprint density at radius 3 is 2.95 bits per heavy atom. The molecular weight excluding hydrogens is 250 g/mol. The van der Waals surface area contributed by atoms with E-state index in [1.165, 1.54) is 0 Å². The van der Waals surface area contributed by atoms with Gasteiger partial charge in [-0.3, -0.25) is 20.1 Å². The lowest BCUT2D eigenvalue weighted by Gasteiger charge is -2.07. The van der Waals surface area contributed by atoms with Crippen molar-refractivity contribution in [1.82, 2.24) is 19.5 Å². The van der Waals surface area contributed by atoms with Crippen LogP contribution in [0.3, 0.4) is 0 Å². The van der Waals surface area contributed by atoms with Crippen LogP contribution in [0.5, 0.6) is 0 Å². The van der Waals surface area contributed by atoms with Crippen LogP contribution in [0.2, 0.25) is 0 Å². The second-order valence-corrected chi connectivity index (χ2v) is 3.77. The van der Waals surface area contributed by atoms with E-state index in [-0.39, 0.29) is 17.5 Å². The summed E-state index contributed by atoms with van der Waals surface area (Å²) in [5, 5.41) is 11.0. The Bertz CT molecular complexity index is 595. The van der Waals surface area contributed by atoms with Crippen LogP contribution in [0.15, 0.2) is 18.6 Å². The molecule has 0 aromatic carbocycles. The van der Waals surface area contributed by atoms with Crippen molar-refractivity contribution in [2.24, 2.45) is 5.84 Å². The van der Waals surface area contributed by atoms with E-state index >= 15 is 0 Å². The molecule has 0 aliphatic carbocycles. The fraction of sp³-hybridized carbons (Fsp3) is 0.300. The highest BCUT2D eigenvalue weighted by molar-refractivity contribution is 5.49. The van der Waals surface area contributed by atoms with Crippen LogP contribution in [0.25, 0.3) is 5.82 Å². The van der Waals surface area contributed by atoms with Gasteiger partial charge >= 0.3 is 5.69 Å². The minimum atomic E-state index is -0.536. The lowest BCUT2D eigenvalue weighted by Crippen LogP contribution is -2.14. The van der Waals surface area contributed by atoms with Gasteiger partial charge in [0, 0.05) is 18.8 Å². The monoisotopic (exact) mass is 263 g/mol. The molecule has 0 bridgehead atoms. The number of hydrazine groups is 1. The third kappa shape index (κ3) is 2.50. The van der Waals surface area contributed by atoms with Crippen LogP contribution in [0, 0.1) is 10.1 Å². The molecule has 0 saturated heterocycles. The largest absolute Gasteiger partial charge is 0.330 e. The molecule has 2 aromatic heterocycles. The number of aromatic nitrogens is 4. The van der Waals surface area contributed by atoms with Crippen LogP contribution in [-0.2, 0) is 6.42 Å². The number of nitrogens with two attached hydrogens (primary N) is 1. The van der Waals surface area contributed by atoms with Gasteiger partial charge in [-0.1, -0.05) is 6.92 Å². The highest BCUT2D eigenvalue weighted by Gasteiger charge is 2.20. The molecule has 0 aliphatic rings. The summed E-state index contributed by atoms with van der Waals surface area (Å²) in [7, 11) is 0. The molecule has 2 rings (SSSR count). The molecular formula is C10H13N7O2. The maximum Gasteiger partial charge on any atom is 0.330 e. The Morgan fingerprint density at radius 2 is 2.32 bits per heavy atom. The number of anilines is 1. The standard InChI is InChI=1S/C10H13N7O2/c1-2-3-8-12-4-5-16(8)9-7(17(18)19)6-13-10(14-9)15-11/h4-6H,2-3,11H2,1H3,(H,13,14,15). The van der Waals surface area contributed by atoms with Crippen molar-refractivity contribution >= 4 is 11.6 Å². The summed E-state index contributed by atoms with van der Waals surface area (Å²) in [6.45, 7) is 2.00. The summed E-state index contributed by atoms with van der Waals surface area (Å²) >= 11 is 0. The van der Waals surface area contributed by atoms with Gasteiger partial charge < -0.3 is 0 Å². The summed E-state index contributed by atoms with van der Waals surface area (Å²) in [6.07, 6.45) is 5.89. The number of hydrogen-bond donors (Lipinski definition) is 2. The molecule has 0 unspecified atom stereocenters. The second-order valence-electron chi connectivity index (χ2n) is 3.77. The molecule has 0 fully saturated rings. The molecule has 0 atom stereocenters. The van der Waals surface area contributed by atoms with E-state index in [4.69, 9.17) is 5.84 Å². The number of nitro groups is 1. The summed E-state index contributed by atoms with van der Waals surface area (Å²) in [4.78, 5) is 22.4. The number of nitrogens with one attached hydrogen (secondary N) is 1. The van der Waals surface area contributed by atoms with Gasteiger partial charge in [0.1, 0.15) is 12.0 Å². The number of aryl methyl sites for hydroxylation is 1. The van der Waals surface area contributed by atoms with Crippen molar-refractivity contribution in [2.45, 2.75) is 19.8 Å². The first-order valence-electron chi connectivity index (χ1n) is 5.68. The number of nitrogen functional groups attached to an aromatic ring is 1. The molecule has 19 heavy (non-hydrogen) atoms. The molecule has 0 aliphatic heterocycles. The van der Waals surface area contributed by atoms with Crippen molar-refractivity contribution in [3.05, 3.63) is 34.5 Å². The van der Waals surface area contributed by atoms with Gasteiger partial charge in [-0.2, -0.15) is 4.98 Å². The van der Waals surface area contributed by atoms with Crippen molar-refractivity contribution in [2.75, 3.05) is 5.43 Å². The first-order valence-corrected chi connectivity index (χ1v) is 5.68. The Morgan fingerprint density at radius 1 is 1.53 bits per heavy atom. The lowest BCUT2D eigenvalue weighted by molar-refractivity contribution is -0.385. The summed E-state index contributed by atoms with van der Waals surface area (Å²) in [5.74, 6) is 6.18. The normalized spacial score (nSPS) is 10.4. The van der Waals surface area contributed by atoms with Crippen molar-refractivity contribution in [1.29, 1.82) is 0 Å². The predicted molar refractivity (Wildman–Crippen MR) is 67.6 cm³/mol. The van der Waals surface area contributed by atoms with Gasteiger partial charge in [0.05, 0.1) is 4.92 Å². The van der Waals surface area contributed by atoms with E-state index in [2.05, 4.69) is 20.4 Å². The molecule has 0 saturated carbocycles. The number of rotatable bonds is 5. The molecule has 2 aromatic rings. The fourth-order valence-electron chi connectivity index (χ4n) is 1.68. The minimum absolute atomic E-state index is 0.108. The number of hydrogen-bond acceptors (Lipinski definition) is 7.